The molecule has 2 unspecified atom stereocenters. The normalized spacial score (nSPS) is 21.2. The maximum absolute atomic E-state index is 2.75. The highest BCUT2D eigenvalue weighted by molar-refractivity contribution is 5.48. The average Bonchev–Trinajstić information content (AvgIpc) is 3.20. The lowest BCUT2D eigenvalue weighted by atomic mass is 9.90. The van der Waals surface area contributed by atoms with Gasteiger partial charge in [0, 0.05) is 62.7 Å². The summed E-state index contributed by atoms with van der Waals surface area (Å²) < 4.78 is 0. The third kappa shape index (κ3) is 5.55. The maximum Gasteiger partial charge on any atom is 0.0519 e. The number of anilines is 2. The Balaban J connectivity index is 1.42. The zero-order valence-electron chi connectivity index (χ0n) is 21.3. The fraction of sp³-hybridized carbons (Fsp3) is 0.586. The van der Waals surface area contributed by atoms with E-state index in [1.165, 1.54) is 48.2 Å². The van der Waals surface area contributed by atoms with Crippen LogP contribution in [0, 0.1) is 0 Å². The smallest absolute Gasteiger partial charge is 0.0519 e. The van der Waals surface area contributed by atoms with E-state index < -0.39 is 0 Å². The summed E-state index contributed by atoms with van der Waals surface area (Å²) in [7, 11) is 0. The lowest BCUT2D eigenvalue weighted by Crippen LogP contribution is -2.39. The van der Waals surface area contributed by atoms with Gasteiger partial charge in [0.05, 0.1) is 6.67 Å². The molecule has 2 fully saturated rings. The molecule has 33 heavy (non-hydrogen) atoms. The van der Waals surface area contributed by atoms with Crippen LogP contribution < -0.4 is 9.80 Å². The first-order valence-corrected chi connectivity index (χ1v) is 13.3. The van der Waals surface area contributed by atoms with E-state index in [0.29, 0.717) is 12.1 Å². The lowest BCUT2D eigenvalue weighted by molar-refractivity contribution is 0.197. The standard InChI is InChI=1S/C29H44N4/c1-5-30(6-2)26-17-13-24(14-18-26)21-32-23-33(29-12-10-9-11-28(29)32)22-25-15-19-27(20-16-25)31(7-3)8-4/h13-20,28-29H,5-12,21-23H2,1-4H3. The highest BCUT2D eigenvalue weighted by atomic mass is 15.4. The Bertz CT molecular complexity index is 767. The van der Waals surface area contributed by atoms with Crippen molar-refractivity contribution in [2.24, 2.45) is 0 Å². The third-order valence-electron chi connectivity index (χ3n) is 7.90. The zero-order valence-corrected chi connectivity index (χ0v) is 21.3. The van der Waals surface area contributed by atoms with Crippen LogP contribution in [-0.4, -0.2) is 54.7 Å². The van der Waals surface area contributed by atoms with Crippen LogP contribution in [0.5, 0.6) is 0 Å². The van der Waals surface area contributed by atoms with Gasteiger partial charge in [-0.1, -0.05) is 37.1 Å². The fourth-order valence-electron chi connectivity index (χ4n) is 5.99. The van der Waals surface area contributed by atoms with Crippen molar-refractivity contribution in [1.29, 1.82) is 0 Å². The molecule has 1 aliphatic heterocycles. The van der Waals surface area contributed by atoms with Crippen molar-refractivity contribution in [1.82, 2.24) is 9.80 Å². The third-order valence-corrected chi connectivity index (χ3v) is 7.90. The summed E-state index contributed by atoms with van der Waals surface area (Å²) in [5, 5.41) is 0. The minimum absolute atomic E-state index is 0.705. The Morgan fingerprint density at radius 2 is 0.970 bits per heavy atom. The van der Waals surface area contributed by atoms with Crippen molar-refractivity contribution in [2.45, 2.75) is 78.6 Å². The summed E-state index contributed by atoms with van der Waals surface area (Å²) in [5.74, 6) is 0. The number of hydrogen-bond donors (Lipinski definition) is 0. The summed E-state index contributed by atoms with van der Waals surface area (Å²) in [5.41, 5.74) is 5.58. The minimum atomic E-state index is 0.705. The Kier molecular flexibility index (Phi) is 8.32. The summed E-state index contributed by atoms with van der Waals surface area (Å²) in [6.45, 7) is 16.4. The summed E-state index contributed by atoms with van der Waals surface area (Å²) in [6.07, 6.45) is 5.45. The van der Waals surface area contributed by atoms with Crippen molar-refractivity contribution in [3.63, 3.8) is 0 Å². The molecule has 1 saturated heterocycles. The van der Waals surface area contributed by atoms with Crippen molar-refractivity contribution < 1.29 is 0 Å². The highest BCUT2D eigenvalue weighted by Crippen LogP contribution is 2.35. The molecular weight excluding hydrogens is 404 g/mol. The predicted octanol–water partition coefficient (Wildman–Crippen LogP) is 5.97. The van der Waals surface area contributed by atoms with Gasteiger partial charge in [0.2, 0.25) is 0 Å². The molecule has 4 rings (SSSR count). The molecule has 2 aliphatic rings. The Labute approximate surface area is 202 Å². The van der Waals surface area contributed by atoms with E-state index in [-0.39, 0.29) is 0 Å². The Hall–Kier alpha value is -2.04. The van der Waals surface area contributed by atoms with E-state index in [1.807, 2.05) is 0 Å². The lowest BCUT2D eigenvalue weighted by Gasteiger charge is -2.32. The van der Waals surface area contributed by atoms with Crippen LogP contribution in [-0.2, 0) is 13.1 Å². The first kappa shape index (κ1) is 24.1. The molecule has 2 aromatic carbocycles. The molecule has 4 heteroatoms. The number of fused-ring (bicyclic) bond motifs is 1. The molecule has 4 nitrogen and oxygen atoms in total. The van der Waals surface area contributed by atoms with Crippen molar-refractivity contribution in [3.8, 4) is 0 Å². The van der Waals surface area contributed by atoms with Gasteiger partial charge in [0.15, 0.2) is 0 Å². The molecule has 2 atom stereocenters. The fourth-order valence-corrected chi connectivity index (χ4v) is 5.99. The van der Waals surface area contributed by atoms with Crippen LogP contribution in [0.4, 0.5) is 11.4 Å². The molecule has 2 aromatic rings. The Morgan fingerprint density at radius 3 is 1.30 bits per heavy atom. The second kappa shape index (κ2) is 11.4. The van der Waals surface area contributed by atoms with Crippen LogP contribution in [0.15, 0.2) is 48.5 Å². The van der Waals surface area contributed by atoms with E-state index in [9.17, 15) is 0 Å². The van der Waals surface area contributed by atoms with E-state index in [0.717, 1.165) is 45.9 Å². The molecule has 0 aromatic heterocycles. The molecule has 180 valence electrons. The summed E-state index contributed by atoms with van der Waals surface area (Å²) in [6, 6.07) is 20.0. The van der Waals surface area contributed by atoms with Gasteiger partial charge in [0.1, 0.15) is 0 Å². The zero-order chi connectivity index (χ0) is 23.2. The van der Waals surface area contributed by atoms with Crippen LogP contribution in [0.25, 0.3) is 0 Å². The number of hydrogen-bond acceptors (Lipinski definition) is 4. The average molecular weight is 449 g/mol. The minimum Gasteiger partial charge on any atom is -0.372 e. The molecule has 0 amide bonds. The van der Waals surface area contributed by atoms with Crippen LogP contribution in [0.1, 0.15) is 64.5 Å². The van der Waals surface area contributed by atoms with E-state index in [2.05, 4.69) is 95.8 Å². The van der Waals surface area contributed by atoms with Gasteiger partial charge in [-0.15, -0.1) is 0 Å². The van der Waals surface area contributed by atoms with Gasteiger partial charge in [0.25, 0.3) is 0 Å². The van der Waals surface area contributed by atoms with Crippen LogP contribution in [0.3, 0.4) is 0 Å². The number of rotatable bonds is 10. The quantitative estimate of drug-likeness (QED) is 0.444. The molecule has 1 saturated carbocycles. The summed E-state index contributed by atoms with van der Waals surface area (Å²) in [4.78, 5) is 10.3. The van der Waals surface area contributed by atoms with Gasteiger partial charge in [-0.05, 0) is 75.9 Å². The molecule has 1 heterocycles. The molecule has 0 bridgehead atoms. The molecule has 1 aliphatic carbocycles. The van der Waals surface area contributed by atoms with Gasteiger partial charge in [-0.25, -0.2) is 0 Å². The van der Waals surface area contributed by atoms with Gasteiger partial charge in [-0.2, -0.15) is 0 Å². The van der Waals surface area contributed by atoms with E-state index in [1.54, 1.807) is 0 Å². The molecule has 0 spiro atoms. The van der Waals surface area contributed by atoms with Crippen molar-refractivity contribution in [3.05, 3.63) is 59.7 Å². The summed E-state index contributed by atoms with van der Waals surface area (Å²) >= 11 is 0. The maximum atomic E-state index is 2.75. The monoisotopic (exact) mass is 448 g/mol. The first-order chi connectivity index (χ1) is 16.2. The Morgan fingerprint density at radius 1 is 0.606 bits per heavy atom. The van der Waals surface area contributed by atoms with Crippen LogP contribution in [0.2, 0.25) is 0 Å². The van der Waals surface area contributed by atoms with Crippen LogP contribution >= 0.6 is 0 Å². The number of benzene rings is 2. The van der Waals surface area contributed by atoms with Crippen molar-refractivity contribution >= 4 is 11.4 Å². The van der Waals surface area contributed by atoms with E-state index in [4.69, 9.17) is 0 Å². The largest absolute Gasteiger partial charge is 0.372 e. The first-order valence-electron chi connectivity index (χ1n) is 13.3. The second-order valence-corrected chi connectivity index (χ2v) is 9.73. The van der Waals surface area contributed by atoms with Crippen molar-refractivity contribution in [2.75, 3.05) is 42.6 Å². The molecular formula is C29H44N4. The molecule has 0 N–H and O–H groups in total. The number of nitrogens with zero attached hydrogens (tertiary/aromatic N) is 4. The van der Waals surface area contributed by atoms with Gasteiger partial charge in [-0.3, -0.25) is 9.80 Å². The highest BCUT2D eigenvalue weighted by Gasteiger charge is 2.40. The molecule has 0 radical (unpaired) electrons. The van der Waals surface area contributed by atoms with E-state index >= 15 is 0 Å². The SMILES string of the molecule is CCN(CC)c1ccc(CN2CN(Cc3ccc(N(CC)CC)cc3)C3CCCCC32)cc1. The second-order valence-electron chi connectivity index (χ2n) is 9.73. The van der Waals surface area contributed by atoms with Gasteiger partial charge >= 0.3 is 0 Å². The van der Waals surface area contributed by atoms with Gasteiger partial charge < -0.3 is 9.80 Å². The topological polar surface area (TPSA) is 13.0 Å². The predicted molar refractivity (Wildman–Crippen MR) is 142 cm³/mol.